The van der Waals surface area contributed by atoms with Crippen LogP contribution in [0.4, 0.5) is 26.3 Å². The van der Waals surface area contributed by atoms with E-state index in [0.717, 1.165) is 4.72 Å². The molecule has 0 aliphatic rings. The first kappa shape index (κ1) is 17.7. The summed E-state index contributed by atoms with van der Waals surface area (Å²) >= 11 is 0. The van der Waals surface area contributed by atoms with Crippen molar-refractivity contribution in [2.24, 2.45) is 0 Å². The highest BCUT2D eigenvalue weighted by atomic mass is 32.2. The molecule has 1 rings (SSSR count). The number of sulfonamides is 1. The van der Waals surface area contributed by atoms with Crippen LogP contribution in [0.25, 0.3) is 0 Å². The largest absolute Gasteiger partial charge is 0.392 e. The van der Waals surface area contributed by atoms with Gasteiger partial charge in [-0.25, -0.2) is 30.7 Å². The third-order valence-corrected chi connectivity index (χ3v) is 3.74. The van der Waals surface area contributed by atoms with Crippen LogP contribution in [0.5, 0.6) is 0 Å². The van der Waals surface area contributed by atoms with E-state index in [2.05, 4.69) is 0 Å². The van der Waals surface area contributed by atoms with E-state index in [9.17, 15) is 34.8 Å². The molecule has 0 spiro atoms. The minimum atomic E-state index is -5.00. The zero-order valence-electron chi connectivity index (χ0n) is 10.1. The summed E-state index contributed by atoms with van der Waals surface area (Å²) in [6.45, 7) is -2.83. The fourth-order valence-electron chi connectivity index (χ4n) is 1.25. The summed E-state index contributed by atoms with van der Waals surface area (Å²) in [6, 6.07) is 1.00. The van der Waals surface area contributed by atoms with Gasteiger partial charge in [0.05, 0.1) is 13.2 Å². The smallest absolute Gasteiger partial charge is 0.320 e. The standard InChI is InChI=1S/C10H9F6NO3S/c11-6-1-5(3-18)2-7(8(6)12)21(19,20)17-4-10(15,16)9(13)14/h1-2,9,17-18H,3-4H2. The number of hydrogen-bond donors (Lipinski definition) is 2. The molecule has 0 saturated heterocycles. The maximum atomic E-state index is 13.4. The molecule has 4 nitrogen and oxygen atoms in total. The second-order valence-corrected chi connectivity index (χ2v) is 5.67. The molecule has 0 aromatic heterocycles. The number of aliphatic hydroxyl groups is 1. The van der Waals surface area contributed by atoms with E-state index in [4.69, 9.17) is 5.11 Å². The van der Waals surface area contributed by atoms with Crippen molar-refractivity contribution in [1.82, 2.24) is 4.72 Å². The van der Waals surface area contributed by atoms with Crippen LogP contribution >= 0.6 is 0 Å². The fourth-order valence-corrected chi connectivity index (χ4v) is 2.43. The number of halogens is 6. The van der Waals surface area contributed by atoms with E-state index in [1.54, 1.807) is 0 Å². The fraction of sp³-hybridized carbons (Fsp3) is 0.400. The highest BCUT2D eigenvalue weighted by Gasteiger charge is 2.42. The first-order valence-corrected chi connectivity index (χ1v) is 6.74. The summed E-state index contributed by atoms with van der Waals surface area (Å²) < 4.78 is 99.8. The van der Waals surface area contributed by atoms with Crippen molar-refractivity contribution in [1.29, 1.82) is 0 Å². The van der Waals surface area contributed by atoms with Crippen LogP contribution in [0.15, 0.2) is 17.0 Å². The summed E-state index contributed by atoms with van der Waals surface area (Å²) in [5, 5.41) is 8.75. The number of nitrogens with one attached hydrogen (secondary N) is 1. The lowest BCUT2D eigenvalue weighted by molar-refractivity contribution is -0.122. The Kier molecular flexibility index (Phi) is 5.23. The highest BCUT2D eigenvalue weighted by Crippen LogP contribution is 2.24. The summed E-state index contributed by atoms with van der Waals surface area (Å²) in [4.78, 5) is -1.36. The van der Waals surface area contributed by atoms with E-state index in [1.165, 1.54) is 0 Å². The first-order valence-electron chi connectivity index (χ1n) is 5.25. The predicted molar refractivity (Wildman–Crippen MR) is 58.4 cm³/mol. The molecule has 0 aliphatic carbocycles. The zero-order valence-corrected chi connectivity index (χ0v) is 10.9. The Hall–Kier alpha value is -1.33. The summed E-state index contributed by atoms with van der Waals surface area (Å²) in [6.07, 6.45) is -4.13. The topological polar surface area (TPSA) is 66.4 Å². The molecule has 0 aliphatic heterocycles. The monoisotopic (exact) mass is 337 g/mol. The van der Waals surface area contributed by atoms with Gasteiger partial charge in [0.1, 0.15) is 4.90 Å². The van der Waals surface area contributed by atoms with Crippen molar-refractivity contribution < 1.29 is 39.9 Å². The SMILES string of the molecule is O=S(=O)(NCC(F)(F)C(F)F)c1cc(CO)cc(F)c1F. The summed E-state index contributed by atoms with van der Waals surface area (Å²) in [7, 11) is -5.00. The number of alkyl halides is 4. The molecule has 0 atom stereocenters. The van der Waals surface area contributed by atoms with Crippen LogP contribution in [0.2, 0.25) is 0 Å². The van der Waals surface area contributed by atoms with Crippen LogP contribution in [0.3, 0.4) is 0 Å². The molecule has 1 aromatic carbocycles. The van der Waals surface area contributed by atoms with Gasteiger partial charge in [0.15, 0.2) is 11.6 Å². The first-order chi connectivity index (χ1) is 9.51. The minimum Gasteiger partial charge on any atom is -0.392 e. The van der Waals surface area contributed by atoms with E-state index >= 15 is 0 Å². The van der Waals surface area contributed by atoms with Gasteiger partial charge in [-0.15, -0.1) is 0 Å². The summed E-state index contributed by atoms with van der Waals surface area (Å²) in [5.74, 6) is -8.18. The van der Waals surface area contributed by atoms with Gasteiger partial charge in [0.2, 0.25) is 10.0 Å². The van der Waals surface area contributed by atoms with Crippen LogP contribution in [0.1, 0.15) is 5.56 Å². The van der Waals surface area contributed by atoms with E-state index in [-0.39, 0.29) is 5.56 Å². The van der Waals surface area contributed by atoms with Gasteiger partial charge in [0, 0.05) is 0 Å². The zero-order chi connectivity index (χ0) is 16.4. The molecule has 120 valence electrons. The highest BCUT2D eigenvalue weighted by molar-refractivity contribution is 7.89. The number of rotatable bonds is 6. The van der Waals surface area contributed by atoms with Crippen molar-refractivity contribution in [3.05, 3.63) is 29.3 Å². The van der Waals surface area contributed by atoms with Gasteiger partial charge in [0.25, 0.3) is 0 Å². The second-order valence-electron chi connectivity index (χ2n) is 3.93. The molecular weight excluding hydrogens is 328 g/mol. The molecule has 21 heavy (non-hydrogen) atoms. The lowest BCUT2D eigenvalue weighted by Crippen LogP contribution is -2.41. The van der Waals surface area contributed by atoms with E-state index < -0.39 is 52.1 Å². The average molecular weight is 337 g/mol. The molecule has 0 bridgehead atoms. The van der Waals surface area contributed by atoms with E-state index in [0.29, 0.717) is 12.1 Å². The van der Waals surface area contributed by atoms with Crippen molar-refractivity contribution in [3.63, 3.8) is 0 Å². The maximum absolute atomic E-state index is 13.4. The van der Waals surface area contributed by atoms with Crippen molar-refractivity contribution in [2.45, 2.75) is 23.9 Å². The molecule has 0 heterocycles. The molecular formula is C10H9F6NO3S. The lowest BCUT2D eigenvalue weighted by Gasteiger charge is -2.16. The van der Waals surface area contributed by atoms with Crippen LogP contribution < -0.4 is 4.72 Å². The molecule has 2 N–H and O–H groups in total. The average Bonchev–Trinajstić information content (AvgIpc) is 2.39. The molecule has 0 fully saturated rings. The Morgan fingerprint density at radius 1 is 1.24 bits per heavy atom. The molecule has 11 heteroatoms. The molecule has 1 aromatic rings. The third-order valence-electron chi connectivity index (χ3n) is 2.34. The van der Waals surface area contributed by atoms with Crippen LogP contribution in [0, 0.1) is 11.6 Å². The Balaban J connectivity index is 3.12. The van der Waals surface area contributed by atoms with Gasteiger partial charge >= 0.3 is 12.3 Å². The molecule has 0 amide bonds. The van der Waals surface area contributed by atoms with Crippen LogP contribution in [-0.2, 0) is 16.6 Å². The predicted octanol–water partition coefficient (Wildman–Crippen LogP) is 1.64. The number of benzene rings is 1. The van der Waals surface area contributed by atoms with Crippen molar-refractivity contribution in [2.75, 3.05) is 6.54 Å². The molecule has 0 saturated carbocycles. The quantitative estimate of drug-likeness (QED) is 0.776. The van der Waals surface area contributed by atoms with Crippen molar-refractivity contribution in [3.8, 4) is 0 Å². The van der Waals surface area contributed by atoms with Gasteiger partial charge < -0.3 is 5.11 Å². The third kappa shape index (κ3) is 4.08. The normalized spacial score (nSPS) is 13.0. The number of hydrogen-bond acceptors (Lipinski definition) is 3. The molecule has 0 radical (unpaired) electrons. The summed E-state index contributed by atoms with van der Waals surface area (Å²) in [5.41, 5.74) is -0.338. The van der Waals surface area contributed by atoms with E-state index in [1.807, 2.05) is 0 Å². The maximum Gasteiger partial charge on any atom is 0.320 e. The number of aliphatic hydroxyl groups excluding tert-OH is 1. The van der Waals surface area contributed by atoms with Gasteiger partial charge in [-0.05, 0) is 17.7 Å². The Morgan fingerprint density at radius 2 is 1.81 bits per heavy atom. The Bertz CT molecular complexity index is 619. The Morgan fingerprint density at radius 3 is 2.29 bits per heavy atom. The van der Waals surface area contributed by atoms with Crippen molar-refractivity contribution >= 4 is 10.0 Å². The van der Waals surface area contributed by atoms with Gasteiger partial charge in [-0.2, -0.15) is 8.78 Å². The minimum absolute atomic E-state index is 0.338. The lowest BCUT2D eigenvalue weighted by atomic mass is 10.2. The second kappa shape index (κ2) is 6.20. The van der Waals surface area contributed by atoms with Gasteiger partial charge in [-0.1, -0.05) is 0 Å². The Labute approximate surface area is 115 Å². The molecule has 0 unspecified atom stereocenters. The van der Waals surface area contributed by atoms with Crippen LogP contribution in [-0.4, -0.2) is 32.4 Å². The van der Waals surface area contributed by atoms with Gasteiger partial charge in [-0.3, -0.25) is 0 Å².